The number of hydrogen-bond acceptors (Lipinski definition) is 1. The molecule has 0 aliphatic rings. The highest BCUT2D eigenvalue weighted by molar-refractivity contribution is 5.50. The minimum atomic E-state index is -4.52. The van der Waals surface area contributed by atoms with Crippen LogP contribution in [0.25, 0.3) is 4.85 Å². The molecule has 0 N–H and O–H groups in total. The second-order valence-electron chi connectivity index (χ2n) is 2.79. The van der Waals surface area contributed by atoms with Crippen molar-refractivity contribution in [2.24, 2.45) is 0 Å². The summed E-state index contributed by atoms with van der Waals surface area (Å²) in [5.41, 5.74) is -1.08. The van der Waals surface area contributed by atoms with Crippen molar-refractivity contribution in [3.05, 3.63) is 40.7 Å². The van der Waals surface area contributed by atoms with Gasteiger partial charge < -0.3 is 0 Å². The second kappa shape index (κ2) is 4.02. The van der Waals surface area contributed by atoms with E-state index in [1.807, 2.05) is 0 Å². The van der Waals surface area contributed by atoms with Crippen LogP contribution < -0.4 is 0 Å². The Balaban J connectivity index is 3.32. The van der Waals surface area contributed by atoms with E-state index in [1.165, 1.54) is 12.1 Å². The van der Waals surface area contributed by atoms with Gasteiger partial charge in [0.05, 0.1) is 19.1 Å². The van der Waals surface area contributed by atoms with E-state index in [0.29, 0.717) is 0 Å². The number of nitriles is 1. The van der Waals surface area contributed by atoms with Gasteiger partial charge in [0.2, 0.25) is 0 Å². The van der Waals surface area contributed by atoms with Gasteiger partial charge in [-0.3, -0.25) is 0 Å². The fraction of sp³-hybridized carbons (Fsp3) is 0.200. The number of hydrogen-bond donors (Lipinski definition) is 0. The summed E-state index contributed by atoms with van der Waals surface area (Å²) in [7, 11) is 0. The molecule has 0 saturated carbocycles. The normalized spacial score (nSPS) is 10.5. The van der Waals surface area contributed by atoms with Gasteiger partial charge in [0.25, 0.3) is 0 Å². The molecule has 0 aromatic heterocycles. The molecule has 1 aromatic rings. The number of rotatable bonds is 1. The quantitative estimate of drug-likeness (QED) is 0.653. The third kappa shape index (κ3) is 2.47. The van der Waals surface area contributed by atoms with Gasteiger partial charge in [-0.2, -0.15) is 18.4 Å². The zero-order valence-corrected chi connectivity index (χ0v) is 7.47. The summed E-state index contributed by atoms with van der Waals surface area (Å²) in [5, 5.41) is 8.36. The summed E-state index contributed by atoms with van der Waals surface area (Å²) < 4.78 is 37.4. The molecule has 76 valence electrons. The molecule has 0 heterocycles. The minimum Gasteiger partial charge on any atom is -0.238 e. The average Bonchev–Trinajstić information content (AvgIpc) is 2.17. The maximum atomic E-state index is 12.5. The molecule has 0 saturated heterocycles. The van der Waals surface area contributed by atoms with E-state index >= 15 is 0 Å². The van der Waals surface area contributed by atoms with Crippen LogP contribution in [0.1, 0.15) is 11.1 Å². The maximum Gasteiger partial charge on any atom is 0.415 e. The molecule has 2 nitrogen and oxygen atoms in total. The lowest BCUT2D eigenvalue weighted by Gasteiger charge is -2.10. The summed E-state index contributed by atoms with van der Waals surface area (Å²) in [4.78, 5) is 2.91. The Kier molecular flexibility index (Phi) is 2.96. The lowest BCUT2D eigenvalue weighted by atomic mass is 10.0. The highest BCUT2D eigenvalue weighted by atomic mass is 19.4. The van der Waals surface area contributed by atoms with Gasteiger partial charge in [-0.1, -0.05) is 12.1 Å². The van der Waals surface area contributed by atoms with E-state index < -0.39 is 11.7 Å². The van der Waals surface area contributed by atoms with Crippen molar-refractivity contribution in [1.82, 2.24) is 0 Å². The molecular formula is C10H5F3N2. The first-order valence-corrected chi connectivity index (χ1v) is 3.93. The van der Waals surface area contributed by atoms with Gasteiger partial charge >= 0.3 is 6.18 Å². The number of alkyl halides is 3. The van der Waals surface area contributed by atoms with Crippen molar-refractivity contribution in [3.8, 4) is 6.07 Å². The van der Waals surface area contributed by atoms with Crippen molar-refractivity contribution >= 4 is 5.69 Å². The molecule has 5 heteroatoms. The summed E-state index contributed by atoms with van der Waals surface area (Å²) in [5.74, 6) is 0. The topological polar surface area (TPSA) is 28.1 Å². The molecule has 15 heavy (non-hydrogen) atoms. The third-order valence-electron chi connectivity index (χ3n) is 1.80. The van der Waals surface area contributed by atoms with Gasteiger partial charge in [0, 0.05) is 5.56 Å². The monoisotopic (exact) mass is 210 g/mol. The number of benzene rings is 1. The molecule has 0 bridgehead atoms. The van der Waals surface area contributed by atoms with Crippen LogP contribution in [0.15, 0.2) is 18.2 Å². The molecule has 0 radical (unpaired) electrons. The molecule has 0 spiro atoms. The van der Waals surface area contributed by atoms with Gasteiger partial charge in [-0.05, 0) is 11.6 Å². The Morgan fingerprint density at radius 2 is 2.07 bits per heavy atom. The predicted molar refractivity (Wildman–Crippen MR) is 47.0 cm³/mol. The predicted octanol–water partition coefficient (Wildman–Crippen LogP) is 3.32. The first kappa shape index (κ1) is 11.1. The molecule has 0 amide bonds. The van der Waals surface area contributed by atoms with E-state index in [4.69, 9.17) is 11.8 Å². The highest BCUT2D eigenvalue weighted by Crippen LogP contribution is 2.34. The molecule has 1 aromatic carbocycles. The molecular weight excluding hydrogens is 205 g/mol. The van der Waals surface area contributed by atoms with Crippen molar-refractivity contribution in [3.63, 3.8) is 0 Å². The molecule has 0 aliphatic carbocycles. The van der Waals surface area contributed by atoms with E-state index in [2.05, 4.69) is 4.85 Å². The largest absolute Gasteiger partial charge is 0.415 e. The van der Waals surface area contributed by atoms with E-state index in [1.54, 1.807) is 6.07 Å². The Hall–Kier alpha value is -2.01. The number of nitrogens with zero attached hydrogens (tertiary/aromatic N) is 2. The van der Waals surface area contributed by atoms with Gasteiger partial charge in [0.1, 0.15) is 0 Å². The van der Waals surface area contributed by atoms with Crippen molar-refractivity contribution in [1.29, 1.82) is 5.26 Å². The molecule has 0 unspecified atom stereocenters. The Bertz CT molecular complexity index is 449. The Labute approximate surface area is 84.4 Å². The van der Waals surface area contributed by atoms with Crippen LogP contribution in [0.5, 0.6) is 0 Å². The standard InChI is InChI=1S/C10H5F3N2/c1-15-8-3-2-7(4-5-14)9(6-8)10(11,12)13/h2-3,6H,4H2. The van der Waals surface area contributed by atoms with Crippen molar-refractivity contribution < 1.29 is 13.2 Å². The fourth-order valence-electron chi connectivity index (χ4n) is 1.14. The van der Waals surface area contributed by atoms with Crippen LogP contribution in [0.3, 0.4) is 0 Å². The summed E-state index contributed by atoms with van der Waals surface area (Å²) in [6.45, 7) is 6.61. The summed E-state index contributed by atoms with van der Waals surface area (Å²) >= 11 is 0. The van der Waals surface area contributed by atoms with Crippen LogP contribution in [0.4, 0.5) is 18.9 Å². The SMILES string of the molecule is [C-]#[N+]c1ccc(CC#N)c(C(F)(F)F)c1. The maximum absolute atomic E-state index is 12.5. The fourth-order valence-corrected chi connectivity index (χ4v) is 1.14. The summed E-state index contributed by atoms with van der Waals surface area (Å²) in [6, 6.07) is 4.86. The molecule has 1 rings (SSSR count). The van der Waals surface area contributed by atoms with Crippen LogP contribution in [-0.2, 0) is 12.6 Å². The van der Waals surface area contributed by atoms with E-state index in [9.17, 15) is 13.2 Å². The molecule has 0 aliphatic heterocycles. The van der Waals surface area contributed by atoms with Gasteiger partial charge in [0.15, 0.2) is 5.69 Å². The molecule has 0 fully saturated rings. The van der Waals surface area contributed by atoms with Crippen LogP contribution in [-0.4, -0.2) is 0 Å². The zero-order chi connectivity index (χ0) is 11.5. The summed E-state index contributed by atoms with van der Waals surface area (Å²) in [6.07, 6.45) is -4.83. The van der Waals surface area contributed by atoms with Crippen LogP contribution in [0, 0.1) is 17.9 Å². The average molecular weight is 210 g/mol. The Morgan fingerprint density at radius 1 is 1.40 bits per heavy atom. The molecule has 0 atom stereocenters. The van der Waals surface area contributed by atoms with Crippen LogP contribution >= 0.6 is 0 Å². The Morgan fingerprint density at radius 3 is 2.53 bits per heavy atom. The van der Waals surface area contributed by atoms with E-state index in [-0.39, 0.29) is 17.7 Å². The highest BCUT2D eigenvalue weighted by Gasteiger charge is 2.33. The van der Waals surface area contributed by atoms with Gasteiger partial charge in [-0.25, -0.2) is 4.85 Å². The van der Waals surface area contributed by atoms with Crippen molar-refractivity contribution in [2.75, 3.05) is 0 Å². The minimum absolute atomic E-state index is 0.0796. The lowest BCUT2D eigenvalue weighted by molar-refractivity contribution is -0.138. The van der Waals surface area contributed by atoms with Crippen LogP contribution in [0.2, 0.25) is 0 Å². The van der Waals surface area contributed by atoms with Crippen molar-refractivity contribution in [2.45, 2.75) is 12.6 Å². The van der Waals surface area contributed by atoms with Gasteiger partial charge in [-0.15, -0.1) is 0 Å². The van der Waals surface area contributed by atoms with E-state index in [0.717, 1.165) is 6.07 Å². The number of halogens is 3. The second-order valence-corrected chi connectivity index (χ2v) is 2.79. The first-order valence-electron chi connectivity index (χ1n) is 3.93. The third-order valence-corrected chi connectivity index (χ3v) is 1.80. The lowest BCUT2D eigenvalue weighted by Crippen LogP contribution is -2.08. The first-order chi connectivity index (χ1) is 6.99. The zero-order valence-electron chi connectivity index (χ0n) is 7.47. The smallest absolute Gasteiger partial charge is 0.238 e.